The average molecular weight is 254 g/mol. The first-order chi connectivity index (χ1) is 6.09. The van der Waals surface area contributed by atoms with E-state index in [2.05, 4.69) is 0 Å². The highest BCUT2D eigenvalue weighted by Gasteiger charge is 2.09. The van der Waals surface area contributed by atoms with E-state index in [0.717, 1.165) is 28.0 Å². The van der Waals surface area contributed by atoms with Crippen molar-refractivity contribution >= 4 is 45.7 Å². The van der Waals surface area contributed by atoms with Gasteiger partial charge in [0.25, 0.3) is 0 Å². The Labute approximate surface area is 94.8 Å². The maximum Gasteiger partial charge on any atom is 0.324 e. The predicted octanol–water partition coefficient (Wildman–Crippen LogP) is 2.20. The summed E-state index contributed by atoms with van der Waals surface area (Å²) in [4.78, 5) is 10.7. The van der Waals surface area contributed by atoms with E-state index in [-0.39, 0.29) is 22.6 Å². The number of rotatable bonds is 3. The van der Waals surface area contributed by atoms with Gasteiger partial charge in [-0.3, -0.25) is 15.5 Å². The van der Waals surface area contributed by atoms with Gasteiger partial charge >= 0.3 is 5.00 Å². The van der Waals surface area contributed by atoms with Gasteiger partial charge in [0, 0.05) is 16.7 Å². The van der Waals surface area contributed by atoms with Crippen molar-refractivity contribution < 1.29 is 4.92 Å². The topological polar surface area (TPSA) is 93.0 Å². The van der Waals surface area contributed by atoms with Crippen LogP contribution in [0.25, 0.3) is 0 Å². The van der Waals surface area contributed by atoms with E-state index in [4.69, 9.17) is 11.1 Å². The minimum absolute atomic E-state index is 0. The van der Waals surface area contributed by atoms with Crippen molar-refractivity contribution in [2.45, 2.75) is 5.75 Å². The van der Waals surface area contributed by atoms with Crippen LogP contribution in [-0.4, -0.2) is 10.1 Å². The van der Waals surface area contributed by atoms with Crippen LogP contribution in [0.3, 0.4) is 0 Å². The van der Waals surface area contributed by atoms with E-state index in [1.54, 1.807) is 6.07 Å². The zero-order chi connectivity index (χ0) is 9.84. The van der Waals surface area contributed by atoms with Gasteiger partial charge in [-0.25, -0.2) is 0 Å². The summed E-state index contributed by atoms with van der Waals surface area (Å²) in [5.41, 5.74) is 5.12. The standard InChI is InChI=1S/C6H7N3O2S2.ClH/c7-6(8)12-3-4-1-2-5(13-4)9(10)11;/h1-2H,3H2,(H3,7,8);1H. The fourth-order valence-corrected chi connectivity index (χ4v) is 2.11. The molecular formula is C6H8ClN3O2S2. The molecule has 1 aromatic rings. The number of halogens is 1. The highest BCUT2D eigenvalue weighted by Crippen LogP contribution is 2.26. The highest BCUT2D eigenvalue weighted by atomic mass is 35.5. The lowest BCUT2D eigenvalue weighted by molar-refractivity contribution is -0.380. The molecule has 0 spiro atoms. The van der Waals surface area contributed by atoms with Gasteiger partial charge in [-0.15, -0.1) is 12.4 Å². The third kappa shape index (κ3) is 3.95. The van der Waals surface area contributed by atoms with E-state index in [1.165, 1.54) is 6.07 Å². The smallest absolute Gasteiger partial charge is 0.324 e. The molecule has 0 unspecified atom stereocenters. The number of thiophene rings is 1. The van der Waals surface area contributed by atoms with Crippen LogP contribution in [0.5, 0.6) is 0 Å². The van der Waals surface area contributed by atoms with Gasteiger partial charge in [-0.1, -0.05) is 23.1 Å². The van der Waals surface area contributed by atoms with Crippen molar-refractivity contribution in [2.24, 2.45) is 5.73 Å². The van der Waals surface area contributed by atoms with Crippen molar-refractivity contribution in [2.75, 3.05) is 0 Å². The molecule has 1 heterocycles. The second kappa shape index (κ2) is 5.84. The number of nitrogens with zero attached hydrogens (tertiary/aromatic N) is 1. The fraction of sp³-hybridized carbons (Fsp3) is 0.167. The molecule has 3 N–H and O–H groups in total. The molecule has 0 aliphatic carbocycles. The summed E-state index contributed by atoms with van der Waals surface area (Å²) >= 11 is 2.27. The Bertz CT molecular complexity index is 342. The molecule has 0 saturated heterocycles. The molecule has 78 valence electrons. The maximum absolute atomic E-state index is 10.3. The maximum atomic E-state index is 10.3. The van der Waals surface area contributed by atoms with Crippen LogP contribution in [0.4, 0.5) is 5.00 Å². The molecule has 0 aliphatic rings. The number of thioether (sulfide) groups is 1. The predicted molar refractivity (Wildman–Crippen MR) is 61.4 cm³/mol. The minimum atomic E-state index is -0.424. The lowest BCUT2D eigenvalue weighted by Crippen LogP contribution is -2.03. The fourth-order valence-electron chi connectivity index (χ4n) is 0.691. The third-order valence-electron chi connectivity index (χ3n) is 1.20. The van der Waals surface area contributed by atoms with Crippen molar-refractivity contribution in [3.8, 4) is 0 Å². The summed E-state index contributed by atoms with van der Waals surface area (Å²) < 4.78 is 0. The molecule has 0 radical (unpaired) electrons. The molecule has 14 heavy (non-hydrogen) atoms. The molecule has 0 amide bonds. The second-order valence-electron chi connectivity index (χ2n) is 2.15. The highest BCUT2D eigenvalue weighted by molar-refractivity contribution is 8.13. The quantitative estimate of drug-likeness (QED) is 0.374. The molecule has 1 aromatic heterocycles. The van der Waals surface area contributed by atoms with Crippen LogP contribution in [0.15, 0.2) is 12.1 Å². The largest absolute Gasteiger partial charge is 0.379 e. The molecular weight excluding hydrogens is 246 g/mol. The van der Waals surface area contributed by atoms with Crippen LogP contribution >= 0.6 is 35.5 Å². The van der Waals surface area contributed by atoms with Crippen molar-refractivity contribution in [3.05, 3.63) is 27.1 Å². The first-order valence-electron chi connectivity index (χ1n) is 3.29. The van der Waals surface area contributed by atoms with Crippen LogP contribution in [0.1, 0.15) is 4.88 Å². The van der Waals surface area contributed by atoms with Gasteiger partial charge in [0.15, 0.2) is 5.17 Å². The summed E-state index contributed by atoms with van der Waals surface area (Å²) in [6.07, 6.45) is 0. The van der Waals surface area contributed by atoms with E-state index in [9.17, 15) is 10.1 Å². The van der Waals surface area contributed by atoms with Gasteiger partial charge in [0.2, 0.25) is 0 Å². The normalized spacial score (nSPS) is 9.14. The van der Waals surface area contributed by atoms with Crippen molar-refractivity contribution in [1.29, 1.82) is 5.41 Å². The third-order valence-corrected chi connectivity index (χ3v) is 3.18. The van der Waals surface area contributed by atoms with Gasteiger partial charge in [0.05, 0.1) is 4.92 Å². The van der Waals surface area contributed by atoms with Gasteiger partial charge in [-0.2, -0.15) is 0 Å². The van der Waals surface area contributed by atoms with E-state index < -0.39 is 4.92 Å². The first kappa shape index (κ1) is 13.2. The average Bonchev–Trinajstić information content (AvgIpc) is 2.48. The zero-order valence-corrected chi connectivity index (χ0v) is 9.38. The molecule has 1 rings (SSSR count). The number of nitro groups is 1. The molecule has 0 aliphatic heterocycles. The Hall–Kier alpha value is -0.790. The Kier molecular flexibility index (Phi) is 5.51. The van der Waals surface area contributed by atoms with Gasteiger partial charge < -0.3 is 5.73 Å². The summed E-state index contributed by atoms with van der Waals surface area (Å²) in [5, 5.41) is 17.4. The SMILES string of the molecule is Cl.N=C(N)SCc1ccc([N+](=O)[O-])s1. The van der Waals surface area contributed by atoms with Crippen LogP contribution in [0, 0.1) is 15.5 Å². The van der Waals surface area contributed by atoms with Crippen LogP contribution in [-0.2, 0) is 5.75 Å². The Morgan fingerprint density at radius 3 is 2.79 bits per heavy atom. The van der Waals surface area contributed by atoms with E-state index >= 15 is 0 Å². The molecule has 0 atom stereocenters. The Balaban J connectivity index is 0.00000169. The number of nitrogens with two attached hydrogens (primary N) is 1. The minimum Gasteiger partial charge on any atom is -0.379 e. The first-order valence-corrected chi connectivity index (χ1v) is 5.09. The lowest BCUT2D eigenvalue weighted by atomic mass is 10.5. The van der Waals surface area contributed by atoms with E-state index in [1.807, 2.05) is 0 Å². The van der Waals surface area contributed by atoms with Gasteiger partial charge in [-0.05, 0) is 6.07 Å². The second-order valence-corrected chi connectivity index (χ2v) is 4.31. The number of amidine groups is 1. The molecule has 5 nitrogen and oxygen atoms in total. The number of hydrogen-bond donors (Lipinski definition) is 2. The Morgan fingerprint density at radius 1 is 1.71 bits per heavy atom. The van der Waals surface area contributed by atoms with Crippen LogP contribution in [0.2, 0.25) is 0 Å². The molecule has 0 bridgehead atoms. The molecule has 0 fully saturated rings. The molecule has 8 heteroatoms. The molecule has 0 aromatic carbocycles. The monoisotopic (exact) mass is 253 g/mol. The molecule has 0 saturated carbocycles. The van der Waals surface area contributed by atoms with Crippen molar-refractivity contribution in [3.63, 3.8) is 0 Å². The lowest BCUT2D eigenvalue weighted by Gasteiger charge is -1.92. The number of nitrogens with one attached hydrogen (secondary N) is 1. The summed E-state index contributed by atoms with van der Waals surface area (Å²) in [6.45, 7) is 0. The van der Waals surface area contributed by atoms with Gasteiger partial charge in [0.1, 0.15) is 0 Å². The van der Waals surface area contributed by atoms with Crippen molar-refractivity contribution in [1.82, 2.24) is 0 Å². The Morgan fingerprint density at radius 2 is 2.36 bits per heavy atom. The van der Waals surface area contributed by atoms with Crippen LogP contribution < -0.4 is 5.73 Å². The van der Waals surface area contributed by atoms with E-state index in [0.29, 0.717) is 5.75 Å². The summed E-state index contributed by atoms with van der Waals surface area (Å²) in [6, 6.07) is 3.14. The summed E-state index contributed by atoms with van der Waals surface area (Å²) in [7, 11) is 0. The zero-order valence-electron chi connectivity index (χ0n) is 6.93. The summed E-state index contributed by atoms with van der Waals surface area (Å²) in [5.74, 6) is 0.522. The number of hydrogen-bond acceptors (Lipinski definition) is 5.